The summed E-state index contributed by atoms with van der Waals surface area (Å²) < 4.78 is 38.6. The van der Waals surface area contributed by atoms with Gasteiger partial charge in [0.1, 0.15) is 0 Å². The number of halogens is 3. The number of H-pyrrole nitrogens is 2. The predicted molar refractivity (Wildman–Crippen MR) is 58.9 cm³/mol. The molecule has 0 unspecified atom stereocenters. The molecule has 1 aromatic carbocycles. The molecule has 0 aliphatic carbocycles. The Labute approximate surface area is 101 Å². The first-order valence-corrected chi connectivity index (χ1v) is 5.08. The highest BCUT2D eigenvalue weighted by atomic mass is 19.4. The zero-order valence-corrected chi connectivity index (χ0v) is 9.08. The van der Waals surface area contributed by atoms with Crippen molar-refractivity contribution < 1.29 is 13.2 Å². The molecular formula is C10H5F3N4O2. The molecule has 2 heterocycles. The molecule has 0 aliphatic heterocycles. The van der Waals surface area contributed by atoms with E-state index in [1.807, 2.05) is 0 Å². The molecule has 3 aromatic rings. The Balaban J connectivity index is 2.50. The molecule has 9 heteroatoms. The minimum absolute atomic E-state index is 0.0872. The van der Waals surface area contributed by atoms with Gasteiger partial charge in [-0.3, -0.25) is 4.79 Å². The van der Waals surface area contributed by atoms with Gasteiger partial charge in [-0.25, -0.2) is 14.3 Å². The fourth-order valence-corrected chi connectivity index (χ4v) is 1.86. The van der Waals surface area contributed by atoms with Crippen molar-refractivity contribution >= 4 is 16.7 Å². The zero-order valence-electron chi connectivity index (χ0n) is 9.08. The molecule has 98 valence electrons. The Morgan fingerprint density at radius 1 is 1.21 bits per heavy atom. The quantitative estimate of drug-likeness (QED) is 0.636. The number of hydrogen-bond donors (Lipinski definition) is 2. The van der Waals surface area contributed by atoms with Crippen LogP contribution >= 0.6 is 0 Å². The summed E-state index contributed by atoms with van der Waals surface area (Å²) in [7, 11) is 0. The molecule has 0 radical (unpaired) electrons. The van der Waals surface area contributed by atoms with E-state index in [1.54, 1.807) is 0 Å². The second-order valence-corrected chi connectivity index (χ2v) is 3.87. The van der Waals surface area contributed by atoms with Crippen LogP contribution in [0.4, 0.5) is 13.2 Å². The van der Waals surface area contributed by atoms with Crippen LogP contribution in [0.15, 0.2) is 27.8 Å². The van der Waals surface area contributed by atoms with Crippen molar-refractivity contribution in [3.05, 3.63) is 44.6 Å². The van der Waals surface area contributed by atoms with E-state index >= 15 is 0 Å². The molecule has 0 spiro atoms. The summed E-state index contributed by atoms with van der Waals surface area (Å²) in [6.07, 6.45) is -4.53. The minimum atomic E-state index is -4.53. The number of hydrogen-bond acceptors (Lipinski definition) is 3. The van der Waals surface area contributed by atoms with E-state index in [0.29, 0.717) is 0 Å². The summed E-state index contributed by atoms with van der Waals surface area (Å²) in [5.41, 5.74) is -2.49. The third kappa shape index (κ3) is 1.62. The number of fused-ring (bicyclic) bond motifs is 3. The predicted octanol–water partition coefficient (Wildman–Crippen LogP) is 0.883. The Morgan fingerprint density at radius 2 is 1.95 bits per heavy atom. The summed E-state index contributed by atoms with van der Waals surface area (Å²) in [6.45, 7) is 0. The van der Waals surface area contributed by atoms with Gasteiger partial charge >= 0.3 is 11.9 Å². The molecule has 0 atom stereocenters. The molecule has 0 bridgehead atoms. The first-order valence-electron chi connectivity index (χ1n) is 5.08. The van der Waals surface area contributed by atoms with Gasteiger partial charge in [0.2, 0.25) is 5.65 Å². The fraction of sp³-hybridized carbons (Fsp3) is 0.100. The van der Waals surface area contributed by atoms with Crippen molar-refractivity contribution in [2.45, 2.75) is 6.18 Å². The van der Waals surface area contributed by atoms with E-state index in [2.05, 4.69) is 15.2 Å². The molecule has 19 heavy (non-hydrogen) atoms. The van der Waals surface area contributed by atoms with Crippen LogP contribution in [0.2, 0.25) is 0 Å². The van der Waals surface area contributed by atoms with Gasteiger partial charge in [-0.05, 0) is 18.2 Å². The molecule has 3 rings (SSSR count). The Kier molecular flexibility index (Phi) is 2.10. The van der Waals surface area contributed by atoms with Gasteiger partial charge in [0.25, 0.3) is 5.56 Å². The standard InChI is InChI=1S/C10H5F3N4O2/c11-10(12,13)4-1-2-6-5(3-4)14-8(18)7-15-16-9(19)17(6)7/h1-3H,(H,14,18)(H,16,19). The van der Waals surface area contributed by atoms with E-state index in [0.717, 1.165) is 22.6 Å². The number of aromatic nitrogens is 4. The number of alkyl halides is 3. The fourth-order valence-electron chi connectivity index (χ4n) is 1.86. The molecule has 0 saturated carbocycles. The Hall–Kier alpha value is -2.58. The normalized spacial score (nSPS) is 12.4. The van der Waals surface area contributed by atoms with Crippen LogP contribution in [0.1, 0.15) is 5.56 Å². The van der Waals surface area contributed by atoms with Crippen molar-refractivity contribution in [1.29, 1.82) is 0 Å². The molecule has 2 N–H and O–H groups in total. The smallest absolute Gasteiger partial charge is 0.317 e. The number of nitrogens with one attached hydrogen (secondary N) is 2. The van der Waals surface area contributed by atoms with Gasteiger partial charge in [0.15, 0.2) is 0 Å². The summed E-state index contributed by atoms with van der Waals surface area (Å²) in [4.78, 5) is 25.3. The highest BCUT2D eigenvalue weighted by molar-refractivity contribution is 5.77. The van der Waals surface area contributed by atoms with Crippen molar-refractivity contribution in [2.24, 2.45) is 0 Å². The first-order chi connectivity index (χ1) is 8.88. The van der Waals surface area contributed by atoms with Crippen LogP contribution < -0.4 is 11.2 Å². The molecule has 6 nitrogen and oxygen atoms in total. The van der Waals surface area contributed by atoms with Crippen molar-refractivity contribution in [3.63, 3.8) is 0 Å². The van der Waals surface area contributed by atoms with Gasteiger partial charge in [-0.2, -0.15) is 13.2 Å². The maximum absolute atomic E-state index is 12.6. The molecular weight excluding hydrogens is 265 g/mol. The topological polar surface area (TPSA) is 83.0 Å². The van der Waals surface area contributed by atoms with Gasteiger partial charge in [0, 0.05) is 0 Å². The minimum Gasteiger partial charge on any atom is -0.317 e. The van der Waals surface area contributed by atoms with Crippen molar-refractivity contribution in [1.82, 2.24) is 19.6 Å². The molecule has 0 fully saturated rings. The van der Waals surface area contributed by atoms with E-state index in [-0.39, 0.29) is 16.7 Å². The first kappa shape index (κ1) is 11.5. The van der Waals surface area contributed by atoms with Crippen LogP contribution in [-0.4, -0.2) is 19.6 Å². The number of nitrogens with zero attached hydrogens (tertiary/aromatic N) is 2. The lowest BCUT2D eigenvalue weighted by atomic mass is 10.2. The molecule has 2 aromatic heterocycles. The number of rotatable bonds is 0. The van der Waals surface area contributed by atoms with Crippen molar-refractivity contribution in [3.8, 4) is 0 Å². The zero-order chi connectivity index (χ0) is 13.8. The van der Waals surface area contributed by atoms with E-state index < -0.39 is 23.0 Å². The monoisotopic (exact) mass is 270 g/mol. The van der Waals surface area contributed by atoms with Crippen LogP contribution in [0.25, 0.3) is 16.7 Å². The lowest BCUT2D eigenvalue weighted by Gasteiger charge is -2.07. The number of benzene rings is 1. The third-order valence-corrected chi connectivity index (χ3v) is 2.69. The lowest BCUT2D eigenvalue weighted by molar-refractivity contribution is -0.137. The maximum Gasteiger partial charge on any atom is 0.416 e. The highest BCUT2D eigenvalue weighted by Crippen LogP contribution is 2.30. The molecule has 0 saturated heterocycles. The third-order valence-electron chi connectivity index (χ3n) is 2.69. The Bertz CT molecular complexity index is 903. The SMILES string of the molecule is O=c1[nH]c2cc(C(F)(F)F)ccc2n2c(=O)[nH]nc12. The van der Waals surface area contributed by atoms with Crippen LogP contribution in [0, 0.1) is 0 Å². The van der Waals surface area contributed by atoms with Crippen molar-refractivity contribution in [2.75, 3.05) is 0 Å². The highest BCUT2D eigenvalue weighted by Gasteiger charge is 2.30. The molecule has 0 amide bonds. The summed E-state index contributed by atoms with van der Waals surface area (Å²) >= 11 is 0. The van der Waals surface area contributed by atoms with E-state index in [4.69, 9.17) is 0 Å². The number of aromatic amines is 2. The van der Waals surface area contributed by atoms with Crippen LogP contribution in [-0.2, 0) is 6.18 Å². The second kappa shape index (κ2) is 3.46. The summed E-state index contributed by atoms with van der Waals surface area (Å²) in [5.74, 6) is 0. The van der Waals surface area contributed by atoms with Crippen LogP contribution in [0.3, 0.4) is 0 Å². The van der Waals surface area contributed by atoms with Gasteiger partial charge < -0.3 is 4.98 Å². The van der Waals surface area contributed by atoms with Gasteiger partial charge in [0.05, 0.1) is 16.6 Å². The van der Waals surface area contributed by atoms with E-state index in [1.165, 1.54) is 0 Å². The largest absolute Gasteiger partial charge is 0.416 e. The van der Waals surface area contributed by atoms with Gasteiger partial charge in [-0.15, -0.1) is 5.10 Å². The van der Waals surface area contributed by atoms with Crippen LogP contribution in [0.5, 0.6) is 0 Å². The van der Waals surface area contributed by atoms with Gasteiger partial charge in [-0.1, -0.05) is 0 Å². The van der Waals surface area contributed by atoms with E-state index in [9.17, 15) is 22.8 Å². The second-order valence-electron chi connectivity index (χ2n) is 3.87. The lowest BCUT2D eigenvalue weighted by Crippen LogP contribution is -2.17. The maximum atomic E-state index is 12.6. The summed E-state index contributed by atoms with van der Waals surface area (Å²) in [5, 5.41) is 5.57. The Morgan fingerprint density at radius 3 is 2.63 bits per heavy atom. The molecule has 0 aliphatic rings. The summed E-state index contributed by atoms with van der Waals surface area (Å²) in [6, 6.07) is 2.72. The average Bonchev–Trinajstić information content (AvgIpc) is 2.71. The average molecular weight is 270 g/mol.